The van der Waals surface area contributed by atoms with E-state index in [2.05, 4.69) is 26.8 Å². The maximum Gasteiger partial charge on any atom is 0.105 e. The van der Waals surface area contributed by atoms with Gasteiger partial charge in [0.15, 0.2) is 0 Å². The molecular weight excluding hydrogens is 252 g/mol. The molecule has 4 heteroatoms. The SMILES string of the molecule is CC(C)(C)c1c(Cl)ccc2sc(N)c(C#N)c12. The summed E-state index contributed by atoms with van der Waals surface area (Å²) in [6.45, 7) is 6.26. The number of hydrogen-bond donors (Lipinski definition) is 1. The lowest BCUT2D eigenvalue weighted by Gasteiger charge is -2.22. The van der Waals surface area contributed by atoms with E-state index in [1.165, 1.54) is 11.3 Å². The van der Waals surface area contributed by atoms with Gasteiger partial charge in [-0.3, -0.25) is 0 Å². The number of hydrogen-bond acceptors (Lipinski definition) is 3. The summed E-state index contributed by atoms with van der Waals surface area (Å²) in [5.74, 6) is 0. The van der Waals surface area contributed by atoms with Crippen LogP contribution < -0.4 is 5.73 Å². The first-order chi connectivity index (χ1) is 7.86. The molecule has 0 aliphatic carbocycles. The minimum absolute atomic E-state index is 0.115. The van der Waals surface area contributed by atoms with E-state index in [9.17, 15) is 5.26 Å². The molecule has 0 saturated heterocycles. The average molecular weight is 265 g/mol. The second-order valence-corrected chi connectivity index (χ2v) is 6.49. The Hall–Kier alpha value is -1.24. The molecule has 1 aromatic heterocycles. The first-order valence-corrected chi connectivity index (χ1v) is 6.46. The molecule has 0 atom stereocenters. The van der Waals surface area contributed by atoms with Crippen LogP contribution in [0.15, 0.2) is 12.1 Å². The van der Waals surface area contributed by atoms with Crippen molar-refractivity contribution in [2.24, 2.45) is 0 Å². The third-order valence-corrected chi connectivity index (χ3v) is 3.99. The summed E-state index contributed by atoms with van der Waals surface area (Å²) in [5.41, 5.74) is 7.32. The zero-order valence-electron chi connectivity index (χ0n) is 9.97. The van der Waals surface area contributed by atoms with Crippen LogP contribution in [0.4, 0.5) is 5.00 Å². The molecule has 0 bridgehead atoms. The number of nitrogen functional groups attached to an aromatic ring is 1. The van der Waals surface area contributed by atoms with Crippen molar-refractivity contribution in [2.75, 3.05) is 5.73 Å². The van der Waals surface area contributed by atoms with E-state index >= 15 is 0 Å². The smallest absolute Gasteiger partial charge is 0.105 e. The molecule has 2 rings (SSSR count). The third-order valence-electron chi connectivity index (χ3n) is 2.69. The van der Waals surface area contributed by atoms with Gasteiger partial charge in [-0.2, -0.15) is 5.26 Å². The zero-order valence-corrected chi connectivity index (χ0v) is 11.5. The largest absolute Gasteiger partial charge is 0.389 e. The maximum absolute atomic E-state index is 9.22. The Morgan fingerprint density at radius 2 is 2.00 bits per heavy atom. The Balaban J connectivity index is 3.00. The van der Waals surface area contributed by atoms with E-state index in [1.54, 1.807) is 0 Å². The first kappa shape index (κ1) is 12.2. The number of rotatable bonds is 0. The number of nitrogens with two attached hydrogens (primary N) is 1. The van der Waals surface area contributed by atoms with Crippen LogP contribution in [0.3, 0.4) is 0 Å². The van der Waals surface area contributed by atoms with Crippen molar-refractivity contribution in [1.29, 1.82) is 5.26 Å². The van der Waals surface area contributed by atoms with Crippen molar-refractivity contribution < 1.29 is 0 Å². The van der Waals surface area contributed by atoms with E-state index < -0.39 is 0 Å². The van der Waals surface area contributed by atoms with Gasteiger partial charge < -0.3 is 5.73 Å². The Morgan fingerprint density at radius 3 is 2.53 bits per heavy atom. The molecule has 0 aliphatic heterocycles. The van der Waals surface area contributed by atoms with Crippen molar-refractivity contribution in [3.63, 3.8) is 0 Å². The summed E-state index contributed by atoms with van der Waals surface area (Å²) in [4.78, 5) is 0. The van der Waals surface area contributed by atoms with Crippen molar-refractivity contribution in [3.05, 3.63) is 28.3 Å². The molecule has 0 unspecified atom stereocenters. The summed E-state index contributed by atoms with van der Waals surface area (Å²) in [7, 11) is 0. The van der Waals surface area contributed by atoms with Gasteiger partial charge in [0.1, 0.15) is 11.1 Å². The minimum Gasteiger partial charge on any atom is -0.389 e. The zero-order chi connectivity index (χ0) is 12.8. The third kappa shape index (κ3) is 1.88. The van der Waals surface area contributed by atoms with Crippen molar-refractivity contribution in [1.82, 2.24) is 0 Å². The molecule has 88 valence electrons. The quantitative estimate of drug-likeness (QED) is 0.771. The molecule has 2 aromatic rings. The average Bonchev–Trinajstić information content (AvgIpc) is 2.51. The van der Waals surface area contributed by atoms with Crippen LogP contribution in [0, 0.1) is 11.3 Å². The number of halogens is 1. The first-order valence-electron chi connectivity index (χ1n) is 5.27. The van der Waals surface area contributed by atoms with E-state index in [0.29, 0.717) is 15.6 Å². The molecule has 2 N–H and O–H groups in total. The molecular formula is C13H13ClN2S. The summed E-state index contributed by atoms with van der Waals surface area (Å²) >= 11 is 7.72. The number of anilines is 1. The van der Waals surface area contributed by atoms with Crippen LogP contribution in [0.5, 0.6) is 0 Å². The van der Waals surface area contributed by atoms with E-state index in [0.717, 1.165) is 15.6 Å². The van der Waals surface area contributed by atoms with Crippen LogP contribution in [0.25, 0.3) is 10.1 Å². The lowest BCUT2D eigenvalue weighted by molar-refractivity contribution is 0.596. The standard InChI is InChI=1S/C13H13ClN2S/c1-13(2,3)11-8(14)4-5-9-10(11)7(6-15)12(16)17-9/h4-5H,16H2,1-3H3. The second kappa shape index (κ2) is 3.90. The van der Waals surface area contributed by atoms with Crippen molar-refractivity contribution in [3.8, 4) is 6.07 Å². The summed E-state index contributed by atoms with van der Waals surface area (Å²) in [6, 6.07) is 5.99. The van der Waals surface area contributed by atoms with Crippen LogP contribution in [-0.4, -0.2) is 0 Å². The summed E-state index contributed by atoms with van der Waals surface area (Å²) < 4.78 is 1.02. The fraction of sp³-hybridized carbons (Fsp3) is 0.308. The number of nitrogens with zero attached hydrogens (tertiary/aromatic N) is 1. The monoisotopic (exact) mass is 264 g/mol. The van der Waals surface area contributed by atoms with Crippen LogP contribution in [0.1, 0.15) is 31.9 Å². The fourth-order valence-electron chi connectivity index (χ4n) is 2.03. The highest BCUT2D eigenvalue weighted by atomic mass is 35.5. The molecule has 0 fully saturated rings. The fourth-order valence-corrected chi connectivity index (χ4v) is 3.40. The molecule has 1 heterocycles. The number of benzene rings is 1. The van der Waals surface area contributed by atoms with E-state index in [1.807, 2.05) is 12.1 Å². The van der Waals surface area contributed by atoms with Gasteiger partial charge in [-0.1, -0.05) is 32.4 Å². The van der Waals surface area contributed by atoms with Crippen LogP contribution >= 0.6 is 22.9 Å². The van der Waals surface area contributed by atoms with Gasteiger partial charge >= 0.3 is 0 Å². The highest BCUT2D eigenvalue weighted by Gasteiger charge is 2.24. The van der Waals surface area contributed by atoms with Gasteiger partial charge in [0.25, 0.3) is 0 Å². The van der Waals surface area contributed by atoms with Gasteiger partial charge in [0.2, 0.25) is 0 Å². The van der Waals surface area contributed by atoms with Crippen LogP contribution in [-0.2, 0) is 5.41 Å². The molecule has 2 nitrogen and oxygen atoms in total. The Labute approximate surface area is 110 Å². The molecule has 1 aromatic carbocycles. The van der Waals surface area contributed by atoms with Gasteiger partial charge in [-0.25, -0.2) is 0 Å². The maximum atomic E-state index is 9.22. The highest BCUT2D eigenvalue weighted by molar-refractivity contribution is 7.23. The molecule has 17 heavy (non-hydrogen) atoms. The molecule has 0 amide bonds. The van der Waals surface area contributed by atoms with Gasteiger partial charge in [-0.15, -0.1) is 11.3 Å². The molecule has 0 saturated carbocycles. The predicted octanol–water partition coefficient (Wildman–Crippen LogP) is 4.31. The Morgan fingerprint density at radius 1 is 1.35 bits per heavy atom. The summed E-state index contributed by atoms with van der Waals surface area (Å²) in [6.07, 6.45) is 0. The topological polar surface area (TPSA) is 49.8 Å². The van der Waals surface area contributed by atoms with Crippen molar-refractivity contribution in [2.45, 2.75) is 26.2 Å². The van der Waals surface area contributed by atoms with Gasteiger partial charge in [-0.05, 0) is 23.1 Å². The number of nitriles is 1. The Kier molecular flexibility index (Phi) is 2.81. The second-order valence-electron chi connectivity index (χ2n) is 5.00. The number of thiophene rings is 1. The molecule has 0 aliphatic rings. The molecule has 0 radical (unpaired) electrons. The lowest BCUT2D eigenvalue weighted by Crippen LogP contribution is -2.12. The number of fused-ring (bicyclic) bond motifs is 1. The van der Waals surface area contributed by atoms with Crippen LogP contribution in [0.2, 0.25) is 5.02 Å². The Bertz CT molecular complexity index is 629. The highest BCUT2D eigenvalue weighted by Crippen LogP contribution is 2.42. The predicted molar refractivity (Wildman–Crippen MR) is 74.7 cm³/mol. The van der Waals surface area contributed by atoms with E-state index in [4.69, 9.17) is 17.3 Å². The minimum atomic E-state index is -0.115. The van der Waals surface area contributed by atoms with Gasteiger partial charge in [0.05, 0.1) is 5.56 Å². The van der Waals surface area contributed by atoms with E-state index in [-0.39, 0.29) is 5.41 Å². The summed E-state index contributed by atoms with van der Waals surface area (Å²) in [5, 5.41) is 11.4. The lowest BCUT2D eigenvalue weighted by atomic mass is 9.84. The molecule has 0 spiro atoms. The van der Waals surface area contributed by atoms with Crippen molar-refractivity contribution >= 4 is 38.0 Å². The van der Waals surface area contributed by atoms with Gasteiger partial charge in [0, 0.05) is 15.1 Å². The normalized spacial score (nSPS) is 11.7.